The molecule has 0 radical (unpaired) electrons. The number of thioether (sulfide) groups is 1. The van der Waals surface area contributed by atoms with Gasteiger partial charge in [0.1, 0.15) is 11.6 Å². The summed E-state index contributed by atoms with van der Waals surface area (Å²) in [4.78, 5) is 23.0. The predicted molar refractivity (Wildman–Crippen MR) is 59.4 cm³/mol. The molecule has 6 heteroatoms. The van der Waals surface area contributed by atoms with E-state index >= 15 is 0 Å². The number of ether oxygens (including phenoxy) is 1. The van der Waals surface area contributed by atoms with Crippen molar-refractivity contribution in [2.45, 2.75) is 30.9 Å². The van der Waals surface area contributed by atoms with Crippen LogP contribution in [0.3, 0.4) is 0 Å². The van der Waals surface area contributed by atoms with Crippen LogP contribution in [-0.2, 0) is 14.3 Å². The van der Waals surface area contributed by atoms with Crippen molar-refractivity contribution in [3.05, 3.63) is 0 Å². The summed E-state index contributed by atoms with van der Waals surface area (Å²) in [5, 5.41) is 11.8. The Morgan fingerprint density at radius 3 is 2.81 bits per heavy atom. The molecule has 2 N–H and O–H groups in total. The number of amides is 1. The van der Waals surface area contributed by atoms with Gasteiger partial charge in [0.15, 0.2) is 0 Å². The molecule has 0 aliphatic carbocycles. The van der Waals surface area contributed by atoms with Gasteiger partial charge in [0.05, 0.1) is 0 Å². The van der Waals surface area contributed by atoms with Crippen molar-refractivity contribution in [1.82, 2.24) is 5.32 Å². The summed E-state index contributed by atoms with van der Waals surface area (Å²) in [5.41, 5.74) is -1.08. The molecule has 2 saturated heterocycles. The van der Waals surface area contributed by atoms with Crippen LogP contribution in [0.4, 0.5) is 0 Å². The van der Waals surface area contributed by atoms with E-state index < -0.39 is 17.6 Å². The summed E-state index contributed by atoms with van der Waals surface area (Å²) in [6, 6.07) is 0. The Balaban J connectivity index is 2.00. The van der Waals surface area contributed by atoms with Gasteiger partial charge in [0.25, 0.3) is 0 Å². The van der Waals surface area contributed by atoms with Crippen LogP contribution in [0.1, 0.15) is 19.3 Å². The fraction of sp³-hybridized carbons (Fsp3) is 0.800. The average molecular weight is 245 g/mol. The highest BCUT2D eigenvalue weighted by molar-refractivity contribution is 7.99. The molecule has 2 rings (SSSR count). The predicted octanol–water partition coefficient (Wildman–Crippen LogP) is 0.242. The molecule has 0 spiro atoms. The summed E-state index contributed by atoms with van der Waals surface area (Å²) >= 11 is 1.56. The molecule has 0 aromatic rings. The van der Waals surface area contributed by atoms with Crippen molar-refractivity contribution in [1.29, 1.82) is 0 Å². The van der Waals surface area contributed by atoms with E-state index in [2.05, 4.69) is 5.32 Å². The van der Waals surface area contributed by atoms with Crippen LogP contribution in [-0.4, -0.2) is 46.7 Å². The fourth-order valence-corrected chi connectivity index (χ4v) is 3.31. The fourth-order valence-electron chi connectivity index (χ4n) is 1.99. The maximum Gasteiger partial charge on any atom is 0.330 e. The second-order valence-corrected chi connectivity index (χ2v) is 5.29. The van der Waals surface area contributed by atoms with Gasteiger partial charge in [-0.3, -0.25) is 4.79 Å². The van der Waals surface area contributed by atoms with E-state index in [1.165, 1.54) is 0 Å². The first kappa shape index (κ1) is 11.7. The maximum absolute atomic E-state index is 11.8. The Morgan fingerprint density at radius 1 is 1.50 bits per heavy atom. The average Bonchev–Trinajstić information content (AvgIpc) is 2.88. The van der Waals surface area contributed by atoms with E-state index in [1.807, 2.05) is 0 Å². The van der Waals surface area contributed by atoms with Crippen molar-refractivity contribution < 1.29 is 19.4 Å². The van der Waals surface area contributed by atoms with Crippen molar-refractivity contribution in [3.63, 3.8) is 0 Å². The summed E-state index contributed by atoms with van der Waals surface area (Å²) in [7, 11) is 0. The molecule has 0 saturated carbocycles. The van der Waals surface area contributed by atoms with Crippen LogP contribution < -0.4 is 5.32 Å². The van der Waals surface area contributed by atoms with Crippen molar-refractivity contribution >= 4 is 23.6 Å². The van der Waals surface area contributed by atoms with Crippen LogP contribution in [0.25, 0.3) is 0 Å². The first-order chi connectivity index (χ1) is 7.64. The van der Waals surface area contributed by atoms with Gasteiger partial charge in [0, 0.05) is 12.4 Å². The number of carboxylic acids is 1. The lowest BCUT2D eigenvalue weighted by Gasteiger charge is -2.25. The van der Waals surface area contributed by atoms with Crippen LogP contribution in [0, 0.1) is 0 Å². The van der Waals surface area contributed by atoms with Gasteiger partial charge in [-0.1, -0.05) is 0 Å². The SMILES string of the molecule is O=C(NC1(C(=O)O)CCSC1)[C@@H]1CCCO1. The molecule has 5 nitrogen and oxygen atoms in total. The van der Waals surface area contributed by atoms with Crippen LogP contribution in [0.15, 0.2) is 0 Å². The molecule has 2 fully saturated rings. The third-order valence-electron chi connectivity index (χ3n) is 3.02. The smallest absolute Gasteiger partial charge is 0.330 e. The Morgan fingerprint density at radius 2 is 2.31 bits per heavy atom. The minimum atomic E-state index is -1.08. The van der Waals surface area contributed by atoms with Gasteiger partial charge in [-0.15, -0.1) is 0 Å². The quantitative estimate of drug-likeness (QED) is 0.745. The molecule has 1 unspecified atom stereocenters. The number of carbonyl (C=O) groups is 2. The van der Waals surface area contributed by atoms with Gasteiger partial charge >= 0.3 is 5.97 Å². The van der Waals surface area contributed by atoms with E-state index in [-0.39, 0.29) is 5.91 Å². The summed E-state index contributed by atoms with van der Waals surface area (Å²) in [6.07, 6.45) is 1.59. The topological polar surface area (TPSA) is 75.6 Å². The van der Waals surface area contributed by atoms with Crippen molar-refractivity contribution in [2.75, 3.05) is 18.1 Å². The van der Waals surface area contributed by atoms with Gasteiger partial charge in [-0.25, -0.2) is 4.79 Å². The van der Waals surface area contributed by atoms with Gasteiger partial charge in [-0.05, 0) is 25.0 Å². The lowest BCUT2D eigenvalue weighted by atomic mass is 9.98. The van der Waals surface area contributed by atoms with E-state index in [1.54, 1.807) is 11.8 Å². The van der Waals surface area contributed by atoms with E-state index in [4.69, 9.17) is 4.74 Å². The Kier molecular flexibility index (Phi) is 3.39. The summed E-state index contributed by atoms with van der Waals surface area (Å²) in [6.45, 7) is 0.590. The molecule has 0 aromatic carbocycles. The lowest BCUT2D eigenvalue weighted by molar-refractivity contribution is -0.148. The third-order valence-corrected chi connectivity index (χ3v) is 4.21. The molecular weight excluding hydrogens is 230 g/mol. The zero-order valence-corrected chi connectivity index (χ0v) is 9.72. The number of aliphatic carboxylic acids is 1. The Labute approximate surface area is 97.9 Å². The molecular formula is C10H15NO4S. The first-order valence-corrected chi connectivity index (χ1v) is 6.54. The standard InChI is InChI=1S/C10H15NO4S/c12-8(7-2-1-4-15-7)11-10(9(13)14)3-5-16-6-10/h7H,1-6H2,(H,11,12)(H,13,14)/t7-,10?/m0/s1. The van der Waals surface area contributed by atoms with Crippen LogP contribution >= 0.6 is 11.8 Å². The van der Waals surface area contributed by atoms with E-state index in [9.17, 15) is 14.7 Å². The molecule has 2 aliphatic heterocycles. The van der Waals surface area contributed by atoms with Crippen molar-refractivity contribution in [3.8, 4) is 0 Å². The number of hydrogen-bond donors (Lipinski definition) is 2. The number of hydrogen-bond acceptors (Lipinski definition) is 4. The molecule has 2 heterocycles. The maximum atomic E-state index is 11.8. The molecule has 1 amide bonds. The minimum Gasteiger partial charge on any atom is -0.479 e. The summed E-state index contributed by atoms with van der Waals surface area (Å²) in [5.74, 6) is 0.00469. The number of nitrogens with one attached hydrogen (secondary N) is 1. The number of rotatable bonds is 3. The molecule has 2 aliphatic rings. The Hall–Kier alpha value is -0.750. The van der Waals surface area contributed by atoms with E-state index in [0.717, 1.165) is 12.2 Å². The largest absolute Gasteiger partial charge is 0.479 e. The lowest BCUT2D eigenvalue weighted by Crippen LogP contribution is -2.57. The van der Waals surface area contributed by atoms with Gasteiger partial charge in [-0.2, -0.15) is 11.8 Å². The van der Waals surface area contributed by atoms with Gasteiger partial charge < -0.3 is 15.2 Å². The minimum absolute atomic E-state index is 0.276. The monoisotopic (exact) mass is 245 g/mol. The second-order valence-electron chi connectivity index (χ2n) is 4.18. The number of carbonyl (C=O) groups excluding carboxylic acids is 1. The van der Waals surface area contributed by atoms with Crippen LogP contribution in [0.2, 0.25) is 0 Å². The first-order valence-electron chi connectivity index (χ1n) is 5.39. The molecule has 0 aromatic heterocycles. The zero-order chi connectivity index (χ0) is 11.6. The highest BCUT2D eigenvalue weighted by atomic mass is 32.2. The highest BCUT2D eigenvalue weighted by Crippen LogP contribution is 2.28. The van der Waals surface area contributed by atoms with Gasteiger partial charge in [0.2, 0.25) is 5.91 Å². The van der Waals surface area contributed by atoms with Crippen molar-refractivity contribution in [2.24, 2.45) is 0 Å². The zero-order valence-electron chi connectivity index (χ0n) is 8.90. The normalized spacial score (nSPS) is 33.9. The molecule has 90 valence electrons. The molecule has 16 heavy (non-hydrogen) atoms. The Bertz CT molecular complexity index is 295. The molecule has 2 atom stereocenters. The molecule has 0 bridgehead atoms. The highest BCUT2D eigenvalue weighted by Gasteiger charge is 2.44. The summed E-state index contributed by atoms with van der Waals surface area (Å²) < 4.78 is 5.24. The third kappa shape index (κ3) is 2.17. The van der Waals surface area contributed by atoms with Crippen LogP contribution in [0.5, 0.6) is 0 Å². The van der Waals surface area contributed by atoms with E-state index in [0.29, 0.717) is 25.2 Å². The second kappa shape index (κ2) is 4.63. The number of carboxylic acid groups (broad SMARTS) is 1.